The first kappa shape index (κ1) is 19.6. The molecular formula is C21H19N3O3S. The van der Waals surface area contributed by atoms with E-state index < -0.39 is 5.25 Å². The van der Waals surface area contributed by atoms with Crippen molar-refractivity contribution in [2.45, 2.75) is 11.7 Å². The van der Waals surface area contributed by atoms with E-state index in [1.54, 1.807) is 43.7 Å². The summed E-state index contributed by atoms with van der Waals surface area (Å²) in [5.74, 6) is 0.338. The van der Waals surface area contributed by atoms with Gasteiger partial charge in [0, 0.05) is 18.2 Å². The molecule has 6 nitrogen and oxygen atoms in total. The van der Waals surface area contributed by atoms with Gasteiger partial charge >= 0.3 is 0 Å². The predicted octanol–water partition coefficient (Wildman–Crippen LogP) is 3.55. The highest BCUT2D eigenvalue weighted by Gasteiger charge is 2.32. The number of ether oxygens (including phenoxy) is 1. The smallest absolute Gasteiger partial charge is 0.240 e. The van der Waals surface area contributed by atoms with Crippen molar-refractivity contribution in [2.75, 3.05) is 7.11 Å². The molecule has 7 heteroatoms. The van der Waals surface area contributed by atoms with Gasteiger partial charge in [-0.3, -0.25) is 9.59 Å². The van der Waals surface area contributed by atoms with Crippen LogP contribution in [-0.2, 0) is 4.79 Å². The molecule has 1 amide bonds. The van der Waals surface area contributed by atoms with Crippen molar-refractivity contribution in [3.05, 3.63) is 71.8 Å². The van der Waals surface area contributed by atoms with Gasteiger partial charge in [0.25, 0.3) is 0 Å². The number of carbonyl (C=O) groups is 2. The van der Waals surface area contributed by atoms with Crippen molar-refractivity contribution < 1.29 is 14.3 Å². The molecule has 142 valence electrons. The predicted molar refractivity (Wildman–Crippen MR) is 113 cm³/mol. The van der Waals surface area contributed by atoms with Crippen LogP contribution in [0.4, 0.5) is 0 Å². The number of thioether (sulfide) groups is 1. The third kappa shape index (κ3) is 5.40. The second kappa shape index (κ2) is 9.66. The van der Waals surface area contributed by atoms with Gasteiger partial charge in [-0.25, -0.2) is 0 Å². The highest BCUT2D eigenvalue weighted by Crippen LogP contribution is 2.24. The van der Waals surface area contributed by atoms with Crippen LogP contribution in [0.25, 0.3) is 6.08 Å². The molecule has 1 atom stereocenters. The Balaban J connectivity index is 1.53. The van der Waals surface area contributed by atoms with E-state index in [4.69, 9.17) is 4.74 Å². The lowest BCUT2D eigenvalue weighted by Gasteiger charge is -2.05. The number of ketones is 1. The number of nitrogens with one attached hydrogen (secondary N) is 1. The summed E-state index contributed by atoms with van der Waals surface area (Å²) in [5, 5.41) is 10.5. The van der Waals surface area contributed by atoms with Crippen molar-refractivity contribution in [1.82, 2.24) is 5.32 Å². The second-order valence-corrected chi connectivity index (χ2v) is 7.08. The van der Waals surface area contributed by atoms with Gasteiger partial charge < -0.3 is 10.1 Å². The molecule has 2 aromatic rings. The Morgan fingerprint density at radius 3 is 2.64 bits per heavy atom. The molecule has 1 unspecified atom stereocenters. The summed E-state index contributed by atoms with van der Waals surface area (Å²) in [6, 6.07) is 16.6. The zero-order valence-corrected chi connectivity index (χ0v) is 16.1. The average Bonchev–Trinajstić information content (AvgIpc) is 3.07. The Morgan fingerprint density at radius 2 is 1.93 bits per heavy atom. The molecule has 1 aliphatic heterocycles. The number of nitrogens with zero attached hydrogens (tertiary/aromatic N) is 2. The average molecular weight is 393 g/mol. The van der Waals surface area contributed by atoms with Crippen LogP contribution < -0.4 is 10.1 Å². The summed E-state index contributed by atoms with van der Waals surface area (Å²) < 4.78 is 5.08. The zero-order chi connectivity index (χ0) is 19.8. The van der Waals surface area contributed by atoms with E-state index in [0.29, 0.717) is 16.5 Å². The van der Waals surface area contributed by atoms with Crippen LogP contribution in [0.5, 0.6) is 5.75 Å². The van der Waals surface area contributed by atoms with Crippen LogP contribution in [0, 0.1) is 0 Å². The molecule has 0 radical (unpaired) electrons. The highest BCUT2D eigenvalue weighted by atomic mass is 32.2. The van der Waals surface area contributed by atoms with Gasteiger partial charge in [0.2, 0.25) is 5.91 Å². The van der Waals surface area contributed by atoms with Crippen molar-refractivity contribution in [1.29, 1.82) is 0 Å². The van der Waals surface area contributed by atoms with Gasteiger partial charge in [0.15, 0.2) is 11.0 Å². The van der Waals surface area contributed by atoms with E-state index in [2.05, 4.69) is 15.5 Å². The van der Waals surface area contributed by atoms with Crippen molar-refractivity contribution in [2.24, 2.45) is 10.2 Å². The first-order chi connectivity index (χ1) is 13.7. The van der Waals surface area contributed by atoms with Crippen LogP contribution in [0.1, 0.15) is 22.3 Å². The lowest BCUT2D eigenvalue weighted by Crippen LogP contribution is -2.26. The zero-order valence-electron chi connectivity index (χ0n) is 15.2. The van der Waals surface area contributed by atoms with Gasteiger partial charge in [-0.15, -0.1) is 5.10 Å². The molecule has 1 fully saturated rings. The molecule has 0 aliphatic carbocycles. The SMILES string of the molecule is COc1ccc(C(=O)CC2S/C(=N/N=C/C=C\c3ccccc3)NC2=O)cc1. The fourth-order valence-corrected chi connectivity index (χ4v) is 3.42. The Labute approximate surface area is 167 Å². The summed E-state index contributed by atoms with van der Waals surface area (Å²) in [5.41, 5.74) is 1.60. The fourth-order valence-electron chi connectivity index (χ4n) is 2.49. The Kier molecular flexibility index (Phi) is 6.75. The summed E-state index contributed by atoms with van der Waals surface area (Å²) in [6.07, 6.45) is 5.31. The number of allylic oxidation sites excluding steroid dienone is 1. The second-order valence-electron chi connectivity index (χ2n) is 5.89. The summed E-state index contributed by atoms with van der Waals surface area (Å²) in [7, 11) is 1.57. The summed E-state index contributed by atoms with van der Waals surface area (Å²) in [6.45, 7) is 0. The maximum absolute atomic E-state index is 12.4. The van der Waals surface area contributed by atoms with Crippen LogP contribution >= 0.6 is 11.8 Å². The minimum absolute atomic E-state index is 0.0967. The molecule has 2 aromatic carbocycles. The molecule has 0 bridgehead atoms. The number of carbonyl (C=O) groups excluding carboxylic acids is 2. The van der Waals surface area contributed by atoms with Gasteiger partial charge in [-0.05, 0) is 35.9 Å². The Morgan fingerprint density at radius 1 is 1.18 bits per heavy atom. The van der Waals surface area contributed by atoms with Gasteiger partial charge in [-0.2, -0.15) is 5.10 Å². The van der Waals surface area contributed by atoms with Crippen molar-refractivity contribution >= 4 is 40.9 Å². The minimum atomic E-state index is -0.511. The third-order valence-corrected chi connectivity index (χ3v) is 5.02. The number of benzene rings is 2. The molecule has 28 heavy (non-hydrogen) atoms. The molecule has 0 spiro atoms. The topological polar surface area (TPSA) is 80.1 Å². The normalized spacial score (nSPS) is 18.1. The molecule has 1 aliphatic rings. The first-order valence-corrected chi connectivity index (χ1v) is 9.51. The molecule has 1 heterocycles. The van der Waals surface area contributed by atoms with E-state index in [9.17, 15) is 9.59 Å². The Hall–Kier alpha value is -3.19. The number of rotatable bonds is 7. The van der Waals surface area contributed by atoms with Gasteiger partial charge in [0.1, 0.15) is 5.75 Å². The number of amides is 1. The first-order valence-electron chi connectivity index (χ1n) is 8.63. The number of Topliss-reactive ketones (excluding diaryl/α,β-unsaturated/α-hetero) is 1. The summed E-state index contributed by atoms with van der Waals surface area (Å²) in [4.78, 5) is 24.4. The number of hydrogen-bond acceptors (Lipinski definition) is 6. The lowest BCUT2D eigenvalue weighted by molar-refractivity contribution is -0.118. The minimum Gasteiger partial charge on any atom is -0.497 e. The standard InChI is InChI=1S/C21H19N3O3S/c1-27-17-11-9-16(10-12-17)18(25)14-19-20(26)23-21(28-19)24-22-13-5-8-15-6-3-2-4-7-15/h2-13,19H,14H2,1H3,(H,23,24,26)/b8-5-,22-13+. The monoisotopic (exact) mass is 393 g/mol. The molecular weight excluding hydrogens is 374 g/mol. The van der Waals surface area contributed by atoms with E-state index in [-0.39, 0.29) is 18.1 Å². The lowest BCUT2D eigenvalue weighted by atomic mass is 10.1. The van der Waals surface area contributed by atoms with Crippen LogP contribution in [0.15, 0.2) is 70.9 Å². The number of methoxy groups -OCH3 is 1. The quantitative estimate of drug-likeness (QED) is 0.443. The van der Waals surface area contributed by atoms with E-state index in [1.165, 1.54) is 11.8 Å². The van der Waals surface area contributed by atoms with E-state index >= 15 is 0 Å². The maximum Gasteiger partial charge on any atom is 0.240 e. The molecule has 0 aromatic heterocycles. The third-order valence-electron chi connectivity index (χ3n) is 3.95. The van der Waals surface area contributed by atoms with Crippen LogP contribution in [-0.4, -0.2) is 35.4 Å². The fraction of sp³-hybridized carbons (Fsp3) is 0.143. The molecule has 3 rings (SSSR count). The molecule has 0 saturated carbocycles. The van der Waals surface area contributed by atoms with Gasteiger partial charge in [0.05, 0.1) is 12.4 Å². The molecule has 1 N–H and O–H groups in total. The van der Waals surface area contributed by atoms with Crippen molar-refractivity contribution in [3.63, 3.8) is 0 Å². The maximum atomic E-state index is 12.4. The highest BCUT2D eigenvalue weighted by molar-refractivity contribution is 8.15. The van der Waals surface area contributed by atoms with Gasteiger partial charge in [-0.1, -0.05) is 48.2 Å². The van der Waals surface area contributed by atoms with E-state index in [1.807, 2.05) is 36.4 Å². The largest absolute Gasteiger partial charge is 0.497 e. The number of amidine groups is 1. The number of hydrogen-bond donors (Lipinski definition) is 1. The van der Waals surface area contributed by atoms with Crippen LogP contribution in [0.3, 0.4) is 0 Å². The van der Waals surface area contributed by atoms with Crippen molar-refractivity contribution in [3.8, 4) is 5.75 Å². The summed E-state index contributed by atoms with van der Waals surface area (Å²) >= 11 is 1.21. The van der Waals surface area contributed by atoms with E-state index in [0.717, 1.165) is 5.56 Å². The van der Waals surface area contributed by atoms with Crippen LogP contribution in [0.2, 0.25) is 0 Å². The Bertz CT molecular complexity index is 922. The molecule has 1 saturated heterocycles.